The maximum absolute atomic E-state index is 13.6. The molecule has 1 aromatic heterocycles. The summed E-state index contributed by atoms with van der Waals surface area (Å²) in [5, 5.41) is 14.6. The normalized spacial score (nSPS) is 22.0. The van der Waals surface area contributed by atoms with E-state index in [-0.39, 0.29) is 48.3 Å². The van der Waals surface area contributed by atoms with Crippen molar-refractivity contribution >= 4 is 18.0 Å². The lowest BCUT2D eigenvalue weighted by Crippen LogP contribution is -2.48. The van der Waals surface area contributed by atoms with Crippen molar-refractivity contribution in [2.45, 2.75) is 95.4 Å². The Labute approximate surface area is 259 Å². The van der Waals surface area contributed by atoms with E-state index in [0.29, 0.717) is 18.9 Å². The molecule has 2 N–H and O–H groups in total. The highest BCUT2D eigenvalue weighted by Crippen LogP contribution is 2.24. The number of aromatic nitrogens is 2. The van der Waals surface area contributed by atoms with Crippen molar-refractivity contribution in [3.63, 3.8) is 0 Å². The molecule has 0 bridgehead atoms. The lowest BCUT2D eigenvalue weighted by molar-refractivity contribution is -0.124. The Morgan fingerprint density at radius 1 is 0.841 bits per heavy atom. The molecule has 2 amide bonds. The minimum absolute atomic E-state index is 0.0724. The molecular weight excluding hydrogens is 558 g/mol. The molecular formula is C34H43N5O5. The van der Waals surface area contributed by atoms with Gasteiger partial charge in [0.15, 0.2) is 0 Å². The highest BCUT2D eigenvalue weighted by Gasteiger charge is 2.30. The van der Waals surface area contributed by atoms with Gasteiger partial charge in [-0.3, -0.25) is 9.59 Å². The third-order valence-electron chi connectivity index (χ3n) is 8.30. The van der Waals surface area contributed by atoms with Gasteiger partial charge in [-0.25, -0.2) is 4.68 Å². The smallest absolute Gasteiger partial charge is 0.269 e. The minimum Gasteiger partial charge on any atom is -0.399 e. The summed E-state index contributed by atoms with van der Waals surface area (Å²) < 4.78 is 13.9. The number of hydrogen-bond donors (Lipinski definition) is 2. The third kappa shape index (κ3) is 9.00. The zero-order valence-electron chi connectivity index (χ0n) is 25.4. The van der Waals surface area contributed by atoms with Crippen molar-refractivity contribution in [1.82, 2.24) is 20.4 Å². The highest BCUT2D eigenvalue weighted by molar-refractivity contribution is 5.95. The molecule has 0 radical (unpaired) electrons. The average Bonchev–Trinajstić information content (AvgIpc) is 3.46. The summed E-state index contributed by atoms with van der Waals surface area (Å²) in [4.78, 5) is 31.8. The van der Waals surface area contributed by atoms with Crippen LogP contribution in [-0.4, -0.2) is 59.2 Å². The second-order valence-corrected chi connectivity index (χ2v) is 11.5. The number of ether oxygens (including phenoxy) is 2. The van der Waals surface area contributed by atoms with Crippen LogP contribution in [-0.2, 0) is 38.9 Å². The molecule has 0 aliphatic heterocycles. The van der Waals surface area contributed by atoms with Gasteiger partial charge < -0.3 is 24.9 Å². The summed E-state index contributed by atoms with van der Waals surface area (Å²) in [7, 11) is 1.44. The van der Waals surface area contributed by atoms with E-state index in [2.05, 4.69) is 20.9 Å². The standard InChI is InChI=1S/C34H43N5O5/c1-42-35-21-27-20-30(34(41)37-29-17-9-11-19-32(29)44-24-26-14-6-3-7-15-26)39(38-27)22-33(40)36-28-16-8-10-18-31(28)43-23-25-12-4-2-5-13-25/h2-7,12-15,20-21,28-29,31-32H,8-11,16-19,22-24H2,1H3,(H,36,40)(H,37,41)/t28-,29-,31-,32-/m0/s1. The molecule has 0 spiro atoms. The maximum atomic E-state index is 13.6. The van der Waals surface area contributed by atoms with Crippen molar-refractivity contribution < 1.29 is 23.9 Å². The maximum Gasteiger partial charge on any atom is 0.269 e. The van der Waals surface area contributed by atoms with Crippen LogP contribution in [0.25, 0.3) is 0 Å². The molecule has 2 aliphatic carbocycles. The molecule has 4 atom stereocenters. The van der Waals surface area contributed by atoms with Gasteiger partial charge in [-0.05, 0) is 42.9 Å². The molecule has 2 aliphatic rings. The fraction of sp³-hybridized carbons (Fsp3) is 0.471. The van der Waals surface area contributed by atoms with E-state index in [1.165, 1.54) is 18.0 Å². The molecule has 10 nitrogen and oxygen atoms in total. The van der Waals surface area contributed by atoms with Gasteiger partial charge in [-0.2, -0.15) is 5.10 Å². The Morgan fingerprint density at radius 2 is 1.39 bits per heavy atom. The van der Waals surface area contributed by atoms with Crippen molar-refractivity contribution in [2.24, 2.45) is 5.16 Å². The van der Waals surface area contributed by atoms with Crippen molar-refractivity contribution in [2.75, 3.05) is 7.11 Å². The Morgan fingerprint density at radius 3 is 1.95 bits per heavy atom. The van der Waals surface area contributed by atoms with Gasteiger partial charge in [0.2, 0.25) is 5.91 Å². The van der Waals surface area contributed by atoms with E-state index in [9.17, 15) is 9.59 Å². The van der Waals surface area contributed by atoms with Gasteiger partial charge in [-0.15, -0.1) is 0 Å². The lowest BCUT2D eigenvalue weighted by atomic mass is 9.92. The van der Waals surface area contributed by atoms with E-state index < -0.39 is 0 Å². The number of amides is 2. The molecule has 234 valence electrons. The highest BCUT2D eigenvalue weighted by atomic mass is 16.6. The van der Waals surface area contributed by atoms with Gasteiger partial charge in [-0.1, -0.05) is 91.5 Å². The Balaban J connectivity index is 1.23. The van der Waals surface area contributed by atoms with Crippen LogP contribution in [0.4, 0.5) is 0 Å². The van der Waals surface area contributed by atoms with Crippen LogP contribution < -0.4 is 10.6 Å². The summed E-state index contributed by atoms with van der Waals surface area (Å²) >= 11 is 0. The first kappa shape index (κ1) is 31.4. The molecule has 2 aromatic carbocycles. The first-order valence-corrected chi connectivity index (χ1v) is 15.6. The van der Waals surface area contributed by atoms with E-state index in [1.807, 2.05) is 60.7 Å². The van der Waals surface area contributed by atoms with E-state index in [4.69, 9.17) is 14.3 Å². The van der Waals surface area contributed by atoms with E-state index >= 15 is 0 Å². The molecule has 5 rings (SSSR count). The number of nitrogens with zero attached hydrogens (tertiary/aromatic N) is 3. The topological polar surface area (TPSA) is 116 Å². The number of nitrogens with one attached hydrogen (secondary N) is 2. The number of carbonyl (C=O) groups excluding carboxylic acids is 2. The third-order valence-corrected chi connectivity index (χ3v) is 8.30. The molecule has 0 saturated heterocycles. The Kier molecular flexibility index (Phi) is 11.5. The second-order valence-electron chi connectivity index (χ2n) is 11.5. The zero-order valence-corrected chi connectivity index (χ0v) is 25.4. The van der Waals surface area contributed by atoms with Crippen LogP contribution >= 0.6 is 0 Å². The molecule has 44 heavy (non-hydrogen) atoms. The van der Waals surface area contributed by atoms with Crippen molar-refractivity contribution in [1.29, 1.82) is 0 Å². The Bertz CT molecular complexity index is 1360. The fourth-order valence-electron chi connectivity index (χ4n) is 6.02. The summed E-state index contributed by atoms with van der Waals surface area (Å²) in [5.41, 5.74) is 2.91. The largest absolute Gasteiger partial charge is 0.399 e. The second kappa shape index (κ2) is 16.2. The monoisotopic (exact) mass is 601 g/mol. The first-order valence-electron chi connectivity index (χ1n) is 15.6. The van der Waals surface area contributed by atoms with Crippen LogP contribution in [0.3, 0.4) is 0 Å². The summed E-state index contributed by atoms with van der Waals surface area (Å²) in [6.07, 6.45) is 8.84. The number of oxime groups is 1. The van der Waals surface area contributed by atoms with Crippen molar-refractivity contribution in [3.8, 4) is 0 Å². The zero-order chi connectivity index (χ0) is 30.6. The average molecular weight is 602 g/mol. The molecule has 10 heteroatoms. The van der Waals surface area contributed by atoms with E-state index in [1.54, 1.807) is 6.07 Å². The summed E-state index contributed by atoms with van der Waals surface area (Å²) in [6, 6.07) is 21.5. The summed E-state index contributed by atoms with van der Waals surface area (Å²) in [6.45, 7) is 0.885. The molecule has 2 saturated carbocycles. The predicted octanol–water partition coefficient (Wildman–Crippen LogP) is 4.77. The molecule has 1 heterocycles. The SMILES string of the molecule is CON=Cc1cc(C(=O)N[C@H]2CCCC[C@@H]2OCc2ccccc2)n(CC(=O)N[C@H]2CCCC[C@@H]2OCc2ccccc2)n1. The predicted molar refractivity (Wildman–Crippen MR) is 167 cm³/mol. The van der Waals surface area contributed by atoms with Crippen LogP contribution in [0.2, 0.25) is 0 Å². The van der Waals surface area contributed by atoms with Crippen molar-refractivity contribution in [3.05, 3.63) is 89.2 Å². The quantitative estimate of drug-likeness (QED) is 0.216. The number of rotatable bonds is 13. The summed E-state index contributed by atoms with van der Waals surface area (Å²) in [5.74, 6) is -0.524. The van der Waals surface area contributed by atoms with Gasteiger partial charge in [0.1, 0.15) is 25.0 Å². The number of hydrogen-bond acceptors (Lipinski definition) is 7. The first-order chi connectivity index (χ1) is 21.6. The lowest BCUT2D eigenvalue weighted by Gasteiger charge is -2.32. The van der Waals surface area contributed by atoms with Crippen LogP contribution in [0, 0.1) is 0 Å². The number of benzene rings is 2. The van der Waals surface area contributed by atoms with Crippen LogP contribution in [0.15, 0.2) is 71.9 Å². The molecule has 2 fully saturated rings. The minimum atomic E-state index is -0.302. The van der Waals surface area contributed by atoms with Gasteiger partial charge in [0.25, 0.3) is 5.91 Å². The molecule has 0 unspecified atom stereocenters. The van der Waals surface area contributed by atoms with E-state index in [0.717, 1.165) is 62.5 Å². The van der Waals surface area contributed by atoms with Crippen LogP contribution in [0.1, 0.15) is 78.7 Å². The van der Waals surface area contributed by atoms with Crippen LogP contribution in [0.5, 0.6) is 0 Å². The number of carbonyl (C=O) groups is 2. The van der Waals surface area contributed by atoms with Gasteiger partial charge >= 0.3 is 0 Å². The fourth-order valence-corrected chi connectivity index (χ4v) is 6.02. The van der Waals surface area contributed by atoms with Gasteiger partial charge in [0.05, 0.1) is 43.7 Å². The Hall–Kier alpha value is -4.02. The van der Waals surface area contributed by atoms with Gasteiger partial charge in [0, 0.05) is 0 Å². The molecule has 3 aromatic rings.